The van der Waals surface area contributed by atoms with E-state index in [2.05, 4.69) is 25.6 Å². The molecule has 3 N–H and O–H groups in total. The average molecular weight is 428 g/mol. The Kier molecular flexibility index (Phi) is 5.18. The van der Waals surface area contributed by atoms with Gasteiger partial charge < -0.3 is 15.6 Å². The van der Waals surface area contributed by atoms with Crippen molar-refractivity contribution in [1.29, 1.82) is 0 Å². The first kappa shape index (κ1) is 20.0. The van der Waals surface area contributed by atoms with E-state index in [1.54, 1.807) is 23.2 Å². The fraction of sp³-hybridized carbons (Fsp3) is 0.250. The molecule has 3 aromatic heterocycles. The van der Waals surface area contributed by atoms with Crippen LogP contribution in [0.3, 0.4) is 0 Å². The molecule has 8 nitrogen and oxygen atoms in total. The van der Waals surface area contributed by atoms with E-state index >= 15 is 0 Å². The number of aromatic amines is 1. The predicted molar refractivity (Wildman–Crippen MR) is 122 cm³/mol. The SMILES string of the molecule is CC1CC(C(=O)NCc2cc3cnccc3[nH]2)n2c1cnc(NCc1ccccc1)c2=O. The summed E-state index contributed by atoms with van der Waals surface area (Å²) in [5.74, 6) is 0.163. The topological polar surface area (TPSA) is 105 Å². The molecule has 162 valence electrons. The van der Waals surface area contributed by atoms with Gasteiger partial charge in [0.1, 0.15) is 6.04 Å². The lowest BCUT2D eigenvalue weighted by Crippen LogP contribution is -2.36. The summed E-state index contributed by atoms with van der Waals surface area (Å²) in [6.07, 6.45) is 5.78. The zero-order valence-electron chi connectivity index (χ0n) is 17.7. The number of hydrogen-bond acceptors (Lipinski definition) is 5. The number of benzene rings is 1. The molecule has 0 bridgehead atoms. The number of rotatable bonds is 6. The Morgan fingerprint density at radius 2 is 2.03 bits per heavy atom. The quantitative estimate of drug-likeness (QED) is 0.438. The van der Waals surface area contributed by atoms with Gasteiger partial charge in [-0.3, -0.25) is 19.1 Å². The summed E-state index contributed by atoms with van der Waals surface area (Å²) in [7, 11) is 0. The van der Waals surface area contributed by atoms with Crippen LogP contribution in [0, 0.1) is 0 Å². The molecule has 8 heteroatoms. The van der Waals surface area contributed by atoms with Crippen molar-refractivity contribution in [3.8, 4) is 0 Å². The molecule has 2 unspecified atom stereocenters. The van der Waals surface area contributed by atoms with E-state index in [4.69, 9.17) is 0 Å². The van der Waals surface area contributed by atoms with Crippen LogP contribution in [-0.2, 0) is 17.9 Å². The Bertz CT molecular complexity index is 1290. The minimum Gasteiger partial charge on any atom is -0.361 e. The highest BCUT2D eigenvalue weighted by Gasteiger charge is 2.35. The maximum absolute atomic E-state index is 13.2. The fourth-order valence-corrected chi connectivity index (χ4v) is 4.28. The zero-order valence-corrected chi connectivity index (χ0v) is 17.7. The summed E-state index contributed by atoms with van der Waals surface area (Å²) in [6.45, 7) is 2.86. The molecule has 1 amide bonds. The molecule has 0 fully saturated rings. The van der Waals surface area contributed by atoms with Crippen LogP contribution >= 0.6 is 0 Å². The van der Waals surface area contributed by atoms with Gasteiger partial charge in [-0.15, -0.1) is 0 Å². The van der Waals surface area contributed by atoms with Crippen molar-refractivity contribution in [2.75, 3.05) is 5.32 Å². The van der Waals surface area contributed by atoms with Crippen LogP contribution in [0.4, 0.5) is 5.82 Å². The van der Waals surface area contributed by atoms with Gasteiger partial charge in [-0.05, 0) is 24.1 Å². The second kappa shape index (κ2) is 8.30. The molecule has 0 radical (unpaired) electrons. The van der Waals surface area contributed by atoms with E-state index in [1.807, 2.05) is 49.4 Å². The maximum atomic E-state index is 13.2. The number of carbonyl (C=O) groups is 1. The van der Waals surface area contributed by atoms with E-state index in [0.717, 1.165) is 27.9 Å². The van der Waals surface area contributed by atoms with Gasteiger partial charge in [-0.1, -0.05) is 37.3 Å². The first-order valence-electron chi connectivity index (χ1n) is 10.7. The van der Waals surface area contributed by atoms with Crippen molar-refractivity contribution in [3.05, 3.63) is 88.4 Å². The van der Waals surface area contributed by atoms with Crippen LogP contribution in [0.5, 0.6) is 0 Å². The molecule has 1 aliphatic heterocycles. The second-order valence-corrected chi connectivity index (χ2v) is 8.17. The van der Waals surface area contributed by atoms with Crippen LogP contribution in [0.2, 0.25) is 0 Å². The molecule has 0 aliphatic carbocycles. The van der Waals surface area contributed by atoms with Crippen molar-refractivity contribution in [3.63, 3.8) is 0 Å². The first-order chi connectivity index (χ1) is 15.6. The molecule has 1 aromatic carbocycles. The maximum Gasteiger partial charge on any atom is 0.294 e. The molecule has 0 spiro atoms. The van der Waals surface area contributed by atoms with Gasteiger partial charge in [-0.25, -0.2) is 4.98 Å². The smallest absolute Gasteiger partial charge is 0.294 e. The Morgan fingerprint density at radius 3 is 2.84 bits per heavy atom. The number of aromatic nitrogens is 4. The molecule has 32 heavy (non-hydrogen) atoms. The number of nitrogens with one attached hydrogen (secondary N) is 3. The minimum absolute atomic E-state index is 0.0771. The van der Waals surface area contributed by atoms with E-state index in [0.29, 0.717) is 19.5 Å². The highest BCUT2D eigenvalue weighted by Crippen LogP contribution is 2.34. The third kappa shape index (κ3) is 3.75. The number of anilines is 1. The van der Waals surface area contributed by atoms with Gasteiger partial charge in [-0.2, -0.15) is 0 Å². The Morgan fingerprint density at radius 1 is 1.19 bits per heavy atom. The summed E-state index contributed by atoms with van der Waals surface area (Å²) < 4.78 is 1.59. The Hall–Kier alpha value is -3.94. The predicted octanol–water partition coefficient (Wildman–Crippen LogP) is 3.10. The summed E-state index contributed by atoms with van der Waals surface area (Å²) >= 11 is 0. The lowest BCUT2D eigenvalue weighted by atomic mass is 10.0. The second-order valence-electron chi connectivity index (χ2n) is 8.17. The molecule has 5 rings (SSSR count). The van der Waals surface area contributed by atoms with Crippen molar-refractivity contribution in [2.24, 2.45) is 0 Å². The number of fused-ring (bicyclic) bond motifs is 2. The third-order valence-electron chi connectivity index (χ3n) is 5.95. The van der Waals surface area contributed by atoms with Crippen LogP contribution in [-0.4, -0.2) is 25.4 Å². The Balaban J connectivity index is 1.33. The van der Waals surface area contributed by atoms with Crippen molar-refractivity contribution in [2.45, 2.75) is 38.4 Å². The lowest BCUT2D eigenvalue weighted by Gasteiger charge is -2.15. The average Bonchev–Trinajstić information content (AvgIpc) is 3.39. The van der Waals surface area contributed by atoms with Gasteiger partial charge in [0.15, 0.2) is 5.82 Å². The standard InChI is InChI=1S/C24H24N6O2/c1-15-9-20(23(31)28-13-18-10-17-12-25-8-7-19(17)29-18)30-21(15)14-27-22(24(30)32)26-11-16-5-3-2-4-6-16/h2-8,10,12,14-15,20,29H,9,11,13H2,1H3,(H,26,27)(H,28,31). The number of pyridine rings is 1. The molecular weight excluding hydrogens is 404 g/mol. The van der Waals surface area contributed by atoms with Crippen LogP contribution < -0.4 is 16.2 Å². The first-order valence-corrected chi connectivity index (χ1v) is 10.7. The monoisotopic (exact) mass is 428 g/mol. The van der Waals surface area contributed by atoms with E-state index in [-0.39, 0.29) is 23.2 Å². The molecule has 2 atom stereocenters. The van der Waals surface area contributed by atoms with Gasteiger partial charge in [0.05, 0.1) is 6.54 Å². The number of nitrogens with zero attached hydrogens (tertiary/aromatic N) is 3. The van der Waals surface area contributed by atoms with E-state index in [1.165, 1.54) is 0 Å². The normalized spacial score (nSPS) is 17.3. The number of hydrogen-bond donors (Lipinski definition) is 3. The van der Waals surface area contributed by atoms with Gasteiger partial charge in [0.25, 0.3) is 5.56 Å². The Labute approximate surface area is 184 Å². The number of amides is 1. The molecule has 1 aliphatic rings. The third-order valence-corrected chi connectivity index (χ3v) is 5.95. The molecule has 4 aromatic rings. The summed E-state index contributed by atoms with van der Waals surface area (Å²) in [4.78, 5) is 38.0. The van der Waals surface area contributed by atoms with Crippen LogP contribution in [0.25, 0.3) is 10.9 Å². The van der Waals surface area contributed by atoms with Crippen LogP contribution in [0.1, 0.15) is 42.3 Å². The largest absolute Gasteiger partial charge is 0.361 e. The molecule has 4 heterocycles. The van der Waals surface area contributed by atoms with Gasteiger partial charge in [0, 0.05) is 53.3 Å². The van der Waals surface area contributed by atoms with Gasteiger partial charge in [0.2, 0.25) is 5.91 Å². The van der Waals surface area contributed by atoms with E-state index < -0.39 is 6.04 Å². The summed E-state index contributed by atoms with van der Waals surface area (Å²) in [5.41, 5.74) is 3.44. The van der Waals surface area contributed by atoms with Crippen LogP contribution in [0.15, 0.2) is 65.8 Å². The minimum atomic E-state index is -0.557. The lowest BCUT2D eigenvalue weighted by molar-refractivity contribution is -0.124. The number of H-pyrrole nitrogens is 1. The van der Waals surface area contributed by atoms with Crippen molar-refractivity contribution >= 4 is 22.6 Å². The molecule has 0 saturated carbocycles. The summed E-state index contributed by atoms with van der Waals surface area (Å²) in [5, 5.41) is 7.09. The van der Waals surface area contributed by atoms with E-state index in [9.17, 15) is 9.59 Å². The van der Waals surface area contributed by atoms with Crippen molar-refractivity contribution in [1.82, 2.24) is 24.8 Å². The highest BCUT2D eigenvalue weighted by atomic mass is 16.2. The molecule has 0 saturated heterocycles. The summed E-state index contributed by atoms with van der Waals surface area (Å²) in [6, 6.07) is 13.1. The highest BCUT2D eigenvalue weighted by molar-refractivity contribution is 5.82. The number of carbonyl (C=O) groups excluding carboxylic acids is 1. The fourth-order valence-electron chi connectivity index (χ4n) is 4.28. The van der Waals surface area contributed by atoms with Gasteiger partial charge >= 0.3 is 0 Å². The molecular formula is C24H24N6O2. The zero-order chi connectivity index (χ0) is 22.1. The van der Waals surface area contributed by atoms with Crippen molar-refractivity contribution < 1.29 is 4.79 Å².